The number of aliphatic hydroxyl groups excluding tert-OH is 1. The molecular formula is C25H21NO4. The van der Waals surface area contributed by atoms with E-state index in [1.807, 2.05) is 49.4 Å². The van der Waals surface area contributed by atoms with Gasteiger partial charge in [0.15, 0.2) is 0 Å². The molecule has 0 aliphatic carbocycles. The topological polar surface area (TPSA) is 66.8 Å². The Kier molecular flexibility index (Phi) is 5.11. The predicted molar refractivity (Wildman–Crippen MR) is 115 cm³/mol. The lowest BCUT2D eigenvalue weighted by Crippen LogP contribution is -2.29. The number of aryl methyl sites for hydroxylation is 1. The van der Waals surface area contributed by atoms with Crippen molar-refractivity contribution < 1.29 is 19.4 Å². The van der Waals surface area contributed by atoms with Crippen LogP contribution in [0.15, 0.2) is 84.4 Å². The fourth-order valence-corrected chi connectivity index (χ4v) is 3.73. The van der Waals surface area contributed by atoms with Crippen LogP contribution in [0.25, 0.3) is 5.76 Å². The minimum atomic E-state index is -0.774. The lowest BCUT2D eigenvalue weighted by molar-refractivity contribution is -0.132. The smallest absolute Gasteiger partial charge is 0.300 e. The SMILES string of the molecule is COc1ccccc1N1C(=O)C(=O)/C(=C(/O)c2ccc(C)cc2)C1c1ccccc1. The van der Waals surface area contributed by atoms with E-state index in [-0.39, 0.29) is 11.3 Å². The van der Waals surface area contributed by atoms with Crippen molar-refractivity contribution >= 4 is 23.1 Å². The standard InChI is InChI=1S/C25H21NO4/c1-16-12-14-18(15-13-16)23(27)21-22(17-8-4-3-5-9-17)26(25(29)24(21)28)19-10-6-7-11-20(19)30-2/h3-15,22,27H,1-2H3/b23-21+. The first-order chi connectivity index (χ1) is 14.5. The van der Waals surface area contributed by atoms with Gasteiger partial charge in [-0.15, -0.1) is 0 Å². The molecule has 1 N–H and O–H groups in total. The van der Waals surface area contributed by atoms with Crippen molar-refractivity contribution in [2.75, 3.05) is 12.0 Å². The van der Waals surface area contributed by atoms with Crippen LogP contribution in [0.4, 0.5) is 5.69 Å². The fraction of sp³-hybridized carbons (Fsp3) is 0.120. The highest BCUT2D eigenvalue weighted by atomic mass is 16.5. The highest BCUT2D eigenvalue weighted by Crippen LogP contribution is 2.44. The summed E-state index contributed by atoms with van der Waals surface area (Å²) in [6.45, 7) is 1.94. The molecule has 0 radical (unpaired) electrons. The van der Waals surface area contributed by atoms with Crippen molar-refractivity contribution in [1.82, 2.24) is 0 Å². The summed E-state index contributed by atoms with van der Waals surface area (Å²) < 4.78 is 5.44. The molecule has 1 unspecified atom stereocenters. The number of para-hydroxylation sites is 2. The van der Waals surface area contributed by atoms with Gasteiger partial charge in [-0.2, -0.15) is 0 Å². The van der Waals surface area contributed by atoms with Gasteiger partial charge in [0.2, 0.25) is 0 Å². The van der Waals surface area contributed by atoms with Gasteiger partial charge >= 0.3 is 0 Å². The van der Waals surface area contributed by atoms with E-state index in [9.17, 15) is 14.7 Å². The van der Waals surface area contributed by atoms with Crippen molar-refractivity contribution in [3.63, 3.8) is 0 Å². The Bertz CT molecular complexity index is 1130. The van der Waals surface area contributed by atoms with E-state index in [4.69, 9.17) is 4.74 Å². The average molecular weight is 399 g/mol. The maximum absolute atomic E-state index is 13.1. The molecule has 5 heteroatoms. The molecule has 1 aliphatic rings. The first-order valence-corrected chi connectivity index (χ1v) is 9.59. The van der Waals surface area contributed by atoms with E-state index >= 15 is 0 Å². The highest BCUT2D eigenvalue weighted by Gasteiger charge is 2.47. The summed E-state index contributed by atoms with van der Waals surface area (Å²) in [7, 11) is 1.51. The second kappa shape index (κ2) is 7.87. The Labute approximate surface area is 174 Å². The number of Topliss-reactive ketones (excluding diaryl/α,β-unsaturated/α-hetero) is 1. The van der Waals surface area contributed by atoms with Crippen molar-refractivity contribution in [2.24, 2.45) is 0 Å². The van der Waals surface area contributed by atoms with Crippen LogP contribution in [0, 0.1) is 6.92 Å². The number of anilines is 1. The van der Waals surface area contributed by atoms with Gasteiger partial charge in [-0.25, -0.2) is 0 Å². The van der Waals surface area contributed by atoms with Gasteiger partial charge in [0.25, 0.3) is 11.7 Å². The number of carbonyl (C=O) groups is 2. The third-order valence-electron chi connectivity index (χ3n) is 5.23. The van der Waals surface area contributed by atoms with Crippen LogP contribution in [-0.4, -0.2) is 23.9 Å². The number of methoxy groups -OCH3 is 1. The molecule has 3 aromatic carbocycles. The maximum atomic E-state index is 13.1. The largest absolute Gasteiger partial charge is 0.507 e. The first kappa shape index (κ1) is 19.5. The Morgan fingerprint density at radius 3 is 2.20 bits per heavy atom. The number of nitrogens with zero attached hydrogens (tertiary/aromatic N) is 1. The normalized spacial score (nSPS) is 17.9. The van der Waals surface area contributed by atoms with Gasteiger partial charge < -0.3 is 9.84 Å². The number of carbonyl (C=O) groups excluding carboxylic acids is 2. The van der Waals surface area contributed by atoms with Gasteiger partial charge in [0.1, 0.15) is 11.5 Å². The van der Waals surface area contributed by atoms with Gasteiger partial charge in [-0.05, 0) is 24.6 Å². The van der Waals surface area contributed by atoms with Crippen LogP contribution in [0.2, 0.25) is 0 Å². The number of benzene rings is 3. The Morgan fingerprint density at radius 1 is 0.900 bits per heavy atom. The number of ether oxygens (including phenoxy) is 1. The summed E-state index contributed by atoms with van der Waals surface area (Å²) in [6.07, 6.45) is 0. The Balaban J connectivity index is 1.96. The van der Waals surface area contributed by atoms with Crippen LogP contribution >= 0.6 is 0 Å². The second-order valence-corrected chi connectivity index (χ2v) is 7.12. The summed E-state index contributed by atoms with van der Waals surface area (Å²) in [6, 6.07) is 22.6. The van der Waals surface area contributed by atoms with Crippen LogP contribution in [-0.2, 0) is 9.59 Å². The lowest BCUT2D eigenvalue weighted by Gasteiger charge is -2.26. The number of rotatable bonds is 4. The molecule has 0 saturated carbocycles. The molecule has 150 valence electrons. The summed E-state index contributed by atoms with van der Waals surface area (Å²) >= 11 is 0. The molecule has 0 bridgehead atoms. The number of amides is 1. The van der Waals surface area contributed by atoms with Crippen molar-refractivity contribution in [2.45, 2.75) is 13.0 Å². The molecule has 1 saturated heterocycles. The summed E-state index contributed by atoms with van der Waals surface area (Å²) in [4.78, 5) is 27.6. The van der Waals surface area contributed by atoms with E-state index < -0.39 is 17.7 Å². The molecule has 1 atom stereocenters. The third kappa shape index (κ3) is 3.24. The molecule has 5 nitrogen and oxygen atoms in total. The molecule has 1 aliphatic heterocycles. The fourth-order valence-electron chi connectivity index (χ4n) is 3.73. The minimum Gasteiger partial charge on any atom is -0.507 e. The first-order valence-electron chi connectivity index (χ1n) is 9.59. The van der Waals surface area contributed by atoms with E-state index in [1.165, 1.54) is 12.0 Å². The van der Waals surface area contributed by atoms with Crippen LogP contribution in [0.1, 0.15) is 22.7 Å². The van der Waals surface area contributed by atoms with Gasteiger partial charge in [0.05, 0.1) is 24.4 Å². The Morgan fingerprint density at radius 2 is 1.53 bits per heavy atom. The Hall–Kier alpha value is -3.86. The minimum absolute atomic E-state index is 0.0564. The molecule has 1 fully saturated rings. The molecule has 0 spiro atoms. The molecule has 30 heavy (non-hydrogen) atoms. The molecule has 1 heterocycles. The molecular weight excluding hydrogens is 378 g/mol. The number of aliphatic hydroxyl groups is 1. The summed E-state index contributed by atoms with van der Waals surface area (Å²) in [5, 5.41) is 11.1. The maximum Gasteiger partial charge on any atom is 0.300 e. The highest BCUT2D eigenvalue weighted by molar-refractivity contribution is 6.51. The third-order valence-corrected chi connectivity index (χ3v) is 5.23. The van der Waals surface area contributed by atoms with Crippen molar-refractivity contribution in [1.29, 1.82) is 0 Å². The zero-order chi connectivity index (χ0) is 21.3. The predicted octanol–water partition coefficient (Wildman–Crippen LogP) is 4.63. The van der Waals surface area contributed by atoms with E-state index in [1.54, 1.807) is 36.4 Å². The number of hydrogen-bond acceptors (Lipinski definition) is 4. The van der Waals surface area contributed by atoms with Gasteiger partial charge in [-0.3, -0.25) is 14.5 Å². The second-order valence-electron chi connectivity index (χ2n) is 7.12. The van der Waals surface area contributed by atoms with Crippen LogP contribution in [0.3, 0.4) is 0 Å². The quantitative estimate of drug-likeness (QED) is 0.395. The summed E-state index contributed by atoms with van der Waals surface area (Å²) in [5.41, 5.74) is 2.76. The van der Waals surface area contributed by atoms with E-state index in [0.717, 1.165) is 11.1 Å². The van der Waals surface area contributed by atoms with Crippen LogP contribution < -0.4 is 9.64 Å². The van der Waals surface area contributed by atoms with E-state index in [0.29, 0.717) is 17.0 Å². The molecule has 1 amide bonds. The number of ketones is 1. The molecule has 0 aromatic heterocycles. The molecule has 4 rings (SSSR count). The molecule has 3 aromatic rings. The number of hydrogen-bond donors (Lipinski definition) is 1. The average Bonchev–Trinajstić information content (AvgIpc) is 3.05. The lowest BCUT2D eigenvalue weighted by atomic mass is 9.95. The van der Waals surface area contributed by atoms with Crippen molar-refractivity contribution in [3.8, 4) is 5.75 Å². The summed E-state index contributed by atoms with van der Waals surface area (Å²) in [5.74, 6) is -1.16. The van der Waals surface area contributed by atoms with E-state index in [2.05, 4.69) is 0 Å². The van der Waals surface area contributed by atoms with Gasteiger partial charge in [-0.1, -0.05) is 72.3 Å². The van der Waals surface area contributed by atoms with Crippen LogP contribution in [0.5, 0.6) is 5.75 Å². The monoisotopic (exact) mass is 399 g/mol. The zero-order valence-corrected chi connectivity index (χ0v) is 16.7. The van der Waals surface area contributed by atoms with Gasteiger partial charge in [0, 0.05) is 5.56 Å². The van der Waals surface area contributed by atoms with Crippen molar-refractivity contribution in [3.05, 3.63) is 101 Å². The zero-order valence-electron chi connectivity index (χ0n) is 16.7.